The summed E-state index contributed by atoms with van der Waals surface area (Å²) >= 11 is 0. The Labute approximate surface area is 104 Å². The monoisotopic (exact) mass is 246 g/mol. The van der Waals surface area contributed by atoms with Gasteiger partial charge in [0.2, 0.25) is 0 Å². The predicted octanol–water partition coefficient (Wildman–Crippen LogP) is 3.30. The Morgan fingerprint density at radius 3 is 2.83 bits per heavy atom. The third-order valence-electron chi connectivity index (χ3n) is 3.21. The van der Waals surface area contributed by atoms with Crippen LogP contribution in [0.4, 0.5) is 5.69 Å². The number of carbonyl (C=O) groups is 1. The highest BCUT2D eigenvalue weighted by atomic mass is 16.6. The SMILES string of the molecule is CCC(C)C(=O)c1c[nH]c2cccc([N+](=O)[O-])c12. The number of fused-ring (bicyclic) bond motifs is 1. The highest BCUT2D eigenvalue weighted by molar-refractivity contribution is 6.11. The first-order valence-corrected chi connectivity index (χ1v) is 5.85. The predicted molar refractivity (Wildman–Crippen MR) is 68.7 cm³/mol. The topological polar surface area (TPSA) is 76.0 Å². The number of benzene rings is 1. The maximum Gasteiger partial charge on any atom is 0.279 e. The van der Waals surface area contributed by atoms with Gasteiger partial charge in [-0.25, -0.2) is 0 Å². The Kier molecular flexibility index (Phi) is 3.14. The minimum atomic E-state index is -0.455. The number of hydrogen-bond donors (Lipinski definition) is 1. The second-order valence-electron chi connectivity index (χ2n) is 4.33. The van der Waals surface area contributed by atoms with Crippen molar-refractivity contribution in [2.75, 3.05) is 0 Å². The van der Waals surface area contributed by atoms with Gasteiger partial charge < -0.3 is 4.98 Å². The molecule has 0 saturated carbocycles. The molecule has 0 bridgehead atoms. The fourth-order valence-electron chi connectivity index (χ4n) is 1.96. The fraction of sp³-hybridized carbons (Fsp3) is 0.308. The normalized spacial score (nSPS) is 12.6. The molecule has 0 aliphatic rings. The highest BCUT2D eigenvalue weighted by Gasteiger charge is 2.23. The van der Waals surface area contributed by atoms with Crippen LogP contribution in [0.25, 0.3) is 10.9 Å². The van der Waals surface area contributed by atoms with E-state index in [0.29, 0.717) is 22.9 Å². The number of H-pyrrole nitrogens is 1. The molecule has 1 unspecified atom stereocenters. The van der Waals surface area contributed by atoms with Gasteiger partial charge in [-0.3, -0.25) is 14.9 Å². The minimum absolute atomic E-state index is 0.0274. The maximum absolute atomic E-state index is 12.2. The summed E-state index contributed by atoms with van der Waals surface area (Å²) in [6, 6.07) is 4.76. The van der Waals surface area contributed by atoms with Crippen LogP contribution in [0.15, 0.2) is 24.4 Å². The second-order valence-corrected chi connectivity index (χ2v) is 4.33. The van der Waals surface area contributed by atoms with Crippen LogP contribution in [0.2, 0.25) is 0 Å². The van der Waals surface area contributed by atoms with Crippen molar-refractivity contribution in [3.05, 3.63) is 40.1 Å². The quantitative estimate of drug-likeness (QED) is 0.510. The summed E-state index contributed by atoms with van der Waals surface area (Å²) in [6.45, 7) is 3.75. The zero-order valence-corrected chi connectivity index (χ0v) is 10.3. The van der Waals surface area contributed by atoms with Gasteiger partial charge in [-0.05, 0) is 12.5 Å². The number of aromatic nitrogens is 1. The van der Waals surface area contributed by atoms with E-state index in [1.807, 2.05) is 13.8 Å². The molecule has 0 radical (unpaired) electrons. The molecular weight excluding hydrogens is 232 g/mol. The molecule has 2 rings (SSSR count). The lowest BCUT2D eigenvalue weighted by molar-refractivity contribution is -0.383. The molecule has 0 aliphatic heterocycles. The molecule has 1 aromatic heterocycles. The average molecular weight is 246 g/mol. The highest BCUT2D eigenvalue weighted by Crippen LogP contribution is 2.30. The molecule has 94 valence electrons. The summed E-state index contributed by atoms with van der Waals surface area (Å²) in [4.78, 5) is 25.7. The lowest BCUT2D eigenvalue weighted by atomic mass is 9.96. The van der Waals surface area contributed by atoms with Crippen LogP contribution in [-0.4, -0.2) is 15.7 Å². The third-order valence-corrected chi connectivity index (χ3v) is 3.21. The Hall–Kier alpha value is -2.17. The standard InChI is InChI=1S/C13H14N2O3/c1-3-8(2)13(16)9-7-14-10-5-4-6-11(12(9)10)15(17)18/h4-8,14H,3H2,1-2H3. The average Bonchev–Trinajstić information content (AvgIpc) is 2.80. The number of non-ortho nitro benzene ring substituents is 1. The van der Waals surface area contributed by atoms with Gasteiger partial charge >= 0.3 is 0 Å². The molecule has 1 aromatic carbocycles. The molecule has 1 atom stereocenters. The van der Waals surface area contributed by atoms with E-state index >= 15 is 0 Å². The Morgan fingerprint density at radius 1 is 1.50 bits per heavy atom. The first kappa shape index (κ1) is 12.3. The van der Waals surface area contributed by atoms with Gasteiger partial charge in [-0.1, -0.05) is 19.9 Å². The molecule has 5 nitrogen and oxygen atoms in total. The smallest absolute Gasteiger partial charge is 0.279 e. The number of rotatable bonds is 4. The summed E-state index contributed by atoms with van der Waals surface area (Å²) < 4.78 is 0. The first-order chi connectivity index (χ1) is 8.56. The summed E-state index contributed by atoms with van der Waals surface area (Å²) in [7, 11) is 0. The number of nitro benzene ring substituents is 1. The number of carbonyl (C=O) groups excluding carboxylic acids is 1. The lowest BCUT2D eigenvalue weighted by Crippen LogP contribution is -2.09. The van der Waals surface area contributed by atoms with E-state index in [9.17, 15) is 14.9 Å². The van der Waals surface area contributed by atoms with E-state index in [4.69, 9.17) is 0 Å². The number of nitro groups is 1. The van der Waals surface area contributed by atoms with Gasteiger partial charge in [0.05, 0.1) is 21.4 Å². The van der Waals surface area contributed by atoms with E-state index in [0.717, 1.165) is 0 Å². The summed E-state index contributed by atoms with van der Waals surface area (Å²) in [6.07, 6.45) is 2.28. The van der Waals surface area contributed by atoms with Gasteiger partial charge in [-0.15, -0.1) is 0 Å². The molecule has 0 aliphatic carbocycles. The van der Waals surface area contributed by atoms with Gasteiger partial charge in [0.25, 0.3) is 5.69 Å². The van der Waals surface area contributed by atoms with Crippen LogP contribution in [-0.2, 0) is 0 Å². The Bertz CT molecular complexity index is 616. The zero-order valence-electron chi connectivity index (χ0n) is 10.3. The van der Waals surface area contributed by atoms with Crippen LogP contribution in [0.1, 0.15) is 30.6 Å². The molecule has 1 N–H and O–H groups in total. The van der Waals surface area contributed by atoms with Crippen molar-refractivity contribution in [2.45, 2.75) is 20.3 Å². The molecule has 18 heavy (non-hydrogen) atoms. The number of hydrogen-bond acceptors (Lipinski definition) is 3. The fourth-order valence-corrected chi connectivity index (χ4v) is 1.96. The summed E-state index contributed by atoms with van der Waals surface area (Å²) in [5, 5.41) is 11.4. The van der Waals surface area contributed by atoms with Crippen molar-refractivity contribution in [3.8, 4) is 0 Å². The molecule has 2 aromatic rings. The molecule has 5 heteroatoms. The van der Waals surface area contributed by atoms with Crippen molar-refractivity contribution in [1.82, 2.24) is 4.98 Å². The van der Waals surface area contributed by atoms with Crippen LogP contribution < -0.4 is 0 Å². The number of nitrogens with zero attached hydrogens (tertiary/aromatic N) is 1. The van der Waals surface area contributed by atoms with Crippen molar-refractivity contribution in [2.24, 2.45) is 5.92 Å². The van der Waals surface area contributed by atoms with Crippen molar-refractivity contribution >= 4 is 22.4 Å². The van der Waals surface area contributed by atoms with Crippen molar-refractivity contribution in [1.29, 1.82) is 0 Å². The van der Waals surface area contributed by atoms with Gasteiger partial charge in [0.1, 0.15) is 0 Å². The van der Waals surface area contributed by atoms with Crippen LogP contribution >= 0.6 is 0 Å². The van der Waals surface area contributed by atoms with Crippen LogP contribution in [0, 0.1) is 16.0 Å². The first-order valence-electron chi connectivity index (χ1n) is 5.85. The van der Waals surface area contributed by atoms with Crippen LogP contribution in [0.3, 0.4) is 0 Å². The van der Waals surface area contributed by atoms with E-state index in [2.05, 4.69) is 4.98 Å². The van der Waals surface area contributed by atoms with Gasteiger partial charge in [-0.2, -0.15) is 0 Å². The molecule has 1 heterocycles. The van der Waals surface area contributed by atoms with Crippen LogP contribution in [0.5, 0.6) is 0 Å². The number of ketones is 1. The summed E-state index contributed by atoms with van der Waals surface area (Å²) in [5.74, 6) is -0.193. The van der Waals surface area contributed by atoms with Gasteiger partial charge in [0.15, 0.2) is 5.78 Å². The molecule has 0 spiro atoms. The number of aromatic amines is 1. The van der Waals surface area contributed by atoms with Crippen molar-refractivity contribution < 1.29 is 9.72 Å². The van der Waals surface area contributed by atoms with E-state index < -0.39 is 4.92 Å². The van der Waals surface area contributed by atoms with E-state index in [1.165, 1.54) is 6.07 Å². The van der Waals surface area contributed by atoms with E-state index in [1.54, 1.807) is 18.3 Å². The number of Topliss-reactive ketones (excluding diaryl/α,β-unsaturated/α-hetero) is 1. The number of nitrogens with one attached hydrogen (secondary N) is 1. The molecular formula is C13H14N2O3. The Morgan fingerprint density at radius 2 is 2.22 bits per heavy atom. The molecule has 0 amide bonds. The van der Waals surface area contributed by atoms with Gasteiger partial charge in [0, 0.05) is 18.2 Å². The molecule has 0 fully saturated rings. The maximum atomic E-state index is 12.2. The van der Waals surface area contributed by atoms with Crippen molar-refractivity contribution in [3.63, 3.8) is 0 Å². The lowest BCUT2D eigenvalue weighted by Gasteiger charge is -2.05. The zero-order chi connectivity index (χ0) is 13.3. The largest absolute Gasteiger partial charge is 0.360 e. The van der Waals surface area contributed by atoms with E-state index in [-0.39, 0.29) is 17.4 Å². The Balaban J connectivity index is 2.66. The minimum Gasteiger partial charge on any atom is -0.360 e. The third kappa shape index (κ3) is 1.88. The summed E-state index contributed by atoms with van der Waals surface area (Å²) in [5.41, 5.74) is 1.00. The second kappa shape index (κ2) is 4.60. The molecule has 0 saturated heterocycles.